The maximum atomic E-state index is 2.44. The predicted octanol–water partition coefficient (Wildman–Crippen LogP) is 15.8. The molecule has 0 atom stereocenters. The number of benzene rings is 10. The molecule has 268 valence electrons. The van der Waals surface area contributed by atoms with Crippen LogP contribution in [0.3, 0.4) is 0 Å². The second kappa shape index (κ2) is 15.0. The lowest BCUT2D eigenvalue weighted by molar-refractivity contribution is 1.28. The second-order valence-corrected chi connectivity index (χ2v) is 14.5. The van der Waals surface area contributed by atoms with Crippen molar-refractivity contribution in [2.75, 3.05) is 4.90 Å². The Morgan fingerprint density at radius 3 is 1.33 bits per heavy atom. The van der Waals surface area contributed by atoms with E-state index in [2.05, 4.69) is 241 Å². The highest BCUT2D eigenvalue weighted by atomic mass is 15.1. The van der Waals surface area contributed by atoms with Crippen LogP contribution in [-0.4, -0.2) is 0 Å². The molecule has 0 unspecified atom stereocenters. The Morgan fingerprint density at radius 1 is 0.228 bits per heavy atom. The van der Waals surface area contributed by atoms with E-state index in [0.717, 1.165) is 22.6 Å². The molecular weight excluding hydrogens is 687 g/mol. The van der Waals surface area contributed by atoms with E-state index in [1.165, 1.54) is 71.6 Å². The second-order valence-electron chi connectivity index (χ2n) is 14.5. The number of hydrogen-bond acceptors (Lipinski definition) is 1. The standard InChI is InChI=1S/C56H39N/c1-3-15-40(16-4-1)45-23-11-24-46(37-45)41-31-34-49(35-32-41)57(50-26-12-25-47(38-50)53-29-13-21-42-19-7-9-27-51(42)53)56-39-48(33-36-55(56)44-17-5-2-6-18-44)54-30-14-22-43-20-8-10-28-52(43)54/h1-39H. The van der Waals surface area contributed by atoms with Gasteiger partial charge < -0.3 is 4.90 Å². The van der Waals surface area contributed by atoms with Gasteiger partial charge in [0.1, 0.15) is 0 Å². The van der Waals surface area contributed by atoms with Crippen LogP contribution in [0.25, 0.3) is 77.2 Å². The smallest absolute Gasteiger partial charge is 0.0546 e. The molecule has 0 bridgehead atoms. The molecule has 0 aromatic heterocycles. The van der Waals surface area contributed by atoms with Crippen molar-refractivity contribution in [3.8, 4) is 55.6 Å². The molecule has 0 saturated heterocycles. The molecule has 10 aromatic rings. The van der Waals surface area contributed by atoms with Crippen molar-refractivity contribution in [3.05, 3.63) is 237 Å². The quantitative estimate of drug-likeness (QED) is 0.151. The van der Waals surface area contributed by atoms with Crippen LogP contribution in [0, 0.1) is 0 Å². The molecule has 0 aliphatic rings. The highest BCUT2D eigenvalue weighted by Crippen LogP contribution is 2.45. The third kappa shape index (κ3) is 6.66. The Balaban J connectivity index is 1.17. The van der Waals surface area contributed by atoms with Crippen LogP contribution in [-0.2, 0) is 0 Å². The molecule has 0 saturated carbocycles. The summed E-state index contributed by atoms with van der Waals surface area (Å²) < 4.78 is 0. The van der Waals surface area contributed by atoms with Crippen molar-refractivity contribution in [2.24, 2.45) is 0 Å². The van der Waals surface area contributed by atoms with Crippen LogP contribution in [0.1, 0.15) is 0 Å². The van der Waals surface area contributed by atoms with Crippen LogP contribution < -0.4 is 4.90 Å². The first-order valence-electron chi connectivity index (χ1n) is 19.6. The van der Waals surface area contributed by atoms with E-state index in [1.807, 2.05) is 0 Å². The molecule has 10 rings (SSSR count). The van der Waals surface area contributed by atoms with Gasteiger partial charge >= 0.3 is 0 Å². The van der Waals surface area contributed by atoms with Gasteiger partial charge in [0.25, 0.3) is 0 Å². The monoisotopic (exact) mass is 725 g/mol. The van der Waals surface area contributed by atoms with Crippen molar-refractivity contribution in [1.82, 2.24) is 0 Å². The van der Waals surface area contributed by atoms with Crippen molar-refractivity contribution >= 4 is 38.6 Å². The Kier molecular flexibility index (Phi) is 8.95. The maximum absolute atomic E-state index is 2.44. The summed E-state index contributed by atoms with van der Waals surface area (Å²) in [5.41, 5.74) is 15.2. The largest absolute Gasteiger partial charge is 0.310 e. The third-order valence-corrected chi connectivity index (χ3v) is 11.1. The molecule has 0 fully saturated rings. The van der Waals surface area contributed by atoms with Crippen LogP contribution >= 0.6 is 0 Å². The predicted molar refractivity (Wildman–Crippen MR) is 243 cm³/mol. The molecule has 0 radical (unpaired) electrons. The van der Waals surface area contributed by atoms with Gasteiger partial charge in [0.15, 0.2) is 0 Å². The fraction of sp³-hybridized carbons (Fsp3) is 0. The molecular formula is C56H39N. The summed E-state index contributed by atoms with van der Waals surface area (Å²) in [7, 11) is 0. The molecule has 0 aliphatic carbocycles. The van der Waals surface area contributed by atoms with E-state index in [1.54, 1.807) is 0 Å². The van der Waals surface area contributed by atoms with Crippen molar-refractivity contribution < 1.29 is 0 Å². The first-order valence-corrected chi connectivity index (χ1v) is 19.6. The summed E-state index contributed by atoms with van der Waals surface area (Å²) in [5, 5.41) is 4.95. The van der Waals surface area contributed by atoms with Crippen molar-refractivity contribution in [2.45, 2.75) is 0 Å². The average molecular weight is 726 g/mol. The zero-order chi connectivity index (χ0) is 38.0. The van der Waals surface area contributed by atoms with E-state index in [0.29, 0.717) is 0 Å². The van der Waals surface area contributed by atoms with Gasteiger partial charge in [0.05, 0.1) is 5.69 Å². The number of fused-ring (bicyclic) bond motifs is 2. The van der Waals surface area contributed by atoms with Crippen LogP contribution in [0.2, 0.25) is 0 Å². The molecule has 1 heteroatoms. The normalized spacial score (nSPS) is 11.2. The zero-order valence-corrected chi connectivity index (χ0v) is 31.5. The van der Waals surface area contributed by atoms with Gasteiger partial charge in [-0.25, -0.2) is 0 Å². The minimum atomic E-state index is 1.08. The zero-order valence-electron chi connectivity index (χ0n) is 31.5. The Hall–Kier alpha value is -7.48. The molecule has 10 aromatic carbocycles. The number of hydrogen-bond donors (Lipinski definition) is 0. The Bertz CT molecular complexity index is 2990. The van der Waals surface area contributed by atoms with E-state index >= 15 is 0 Å². The van der Waals surface area contributed by atoms with Crippen molar-refractivity contribution in [3.63, 3.8) is 0 Å². The van der Waals surface area contributed by atoms with Gasteiger partial charge in [-0.15, -0.1) is 0 Å². The van der Waals surface area contributed by atoms with E-state index in [9.17, 15) is 0 Å². The first-order chi connectivity index (χ1) is 28.3. The SMILES string of the molecule is c1ccc(-c2cccc(-c3ccc(N(c4cccc(-c5cccc6ccccc56)c4)c4cc(-c5cccc6ccccc56)ccc4-c4ccccc4)cc3)c2)cc1. The van der Waals surface area contributed by atoms with Crippen LogP contribution in [0.5, 0.6) is 0 Å². The number of rotatable bonds is 8. The molecule has 57 heavy (non-hydrogen) atoms. The van der Waals surface area contributed by atoms with Gasteiger partial charge in [0.2, 0.25) is 0 Å². The molecule has 0 N–H and O–H groups in total. The lowest BCUT2D eigenvalue weighted by atomic mass is 9.93. The van der Waals surface area contributed by atoms with Crippen LogP contribution in [0.15, 0.2) is 237 Å². The van der Waals surface area contributed by atoms with Gasteiger partial charge in [-0.05, 0) is 108 Å². The highest BCUT2D eigenvalue weighted by Gasteiger charge is 2.20. The summed E-state index contributed by atoms with van der Waals surface area (Å²) in [6.45, 7) is 0. The molecule has 0 aliphatic heterocycles. The Labute approximate surface area is 334 Å². The summed E-state index contributed by atoms with van der Waals surface area (Å²) >= 11 is 0. The number of anilines is 3. The van der Waals surface area contributed by atoms with Crippen molar-refractivity contribution in [1.29, 1.82) is 0 Å². The minimum Gasteiger partial charge on any atom is -0.310 e. The minimum absolute atomic E-state index is 1.08. The number of nitrogens with zero attached hydrogens (tertiary/aromatic N) is 1. The van der Waals surface area contributed by atoms with E-state index in [-0.39, 0.29) is 0 Å². The summed E-state index contributed by atoms with van der Waals surface area (Å²) in [6, 6.07) is 85.8. The van der Waals surface area contributed by atoms with Gasteiger partial charge in [-0.1, -0.05) is 200 Å². The van der Waals surface area contributed by atoms with Gasteiger partial charge in [0, 0.05) is 16.9 Å². The van der Waals surface area contributed by atoms with Gasteiger partial charge in [-0.3, -0.25) is 0 Å². The average Bonchev–Trinajstić information content (AvgIpc) is 3.30. The van der Waals surface area contributed by atoms with Crippen LogP contribution in [0.4, 0.5) is 17.1 Å². The fourth-order valence-electron chi connectivity index (χ4n) is 8.25. The van der Waals surface area contributed by atoms with Gasteiger partial charge in [-0.2, -0.15) is 0 Å². The third-order valence-electron chi connectivity index (χ3n) is 11.1. The summed E-state index contributed by atoms with van der Waals surface area (Å²) in [5.74, 6) is 0. The molecule has 1 nitrogen and oxygen atoms in total. The maximum Gasteiger partial charge on any atom is 0.0546 e. The highest BCUT2D eigenvalue weighted by molar-refractivity contribution is 6.00. The fourth-order valence-corrected chi connectivity index (χ4v) is 8.25. The molecule has 0 amide bonds. The van der Waals surface area contributed by atoms with E-state index < -0.39 is 0 Å². The van der Waals surface area contributed by atoms with E-state index in [4.69, 9.17) is 0 Å². The molecule has 0 heterocycles. The lowest BCUT2D eigenvalue weighted by Crippen LogP contribution is -2.11. The topological polar surface area (TPSA) is 3.24 Å². The summed E-state index contributed by atoms with van der Waals surface area (Å²) in [6.07, 6.45) is 0. The molecule has 0 spiro atoms. The lowest BCUT2D eigenvalue weighted by Gasteiger charge is -2.29. The first kappa shape index (κ1) is 34.0. The summed E-state index contributed by atoms with van der Waals surface area (Å²) in [4.78, 5) is 2.44. The Morgan fingerprint density at radius 2 is 0.684 bits per heavy atom.